The Hall–Kier alpha value is -1.10. The second-order valence-corrected chi connectivity index (χ2v) is 4.66. The van der Waals surface area contributed by atoms with Crippen molar-refractivity contribution in [1.82, 2.24) is 5.32 Å². The summed E-state index contributed by atoms with van der Waals surface area (Å²) in [5.74, 6) is -1.21. The standard InChI is InChI=1S/C11H22N2O3/c1-4-5-6-8(12)9(14)13-7-11(2,3)10(15)16/h8H,4-7,12H2,1-3H3,(H,13,14)(H,15,16). The Kier molecular flexibility index (Phi) is 6.03. The van der Waals surface area contributed by atoms with Gasteiger partial charge in [-0.25, -0.2) is 0 Å². The van der Waals surface area contributed by atoms with Crippen molar-refractivity contribution in [2.45, 2.75) is 46.1 Å². The van der Waals surface area contributed by atoms with Crippen molar-refractivity contribution in [2.75, 3.05) is 6.54 Å². The van der Waals surface area contributed by atoms with Crippen LogP contribution in [0, 0.1) is 5.41 Å². The number of hydrogen-bond donors (Lipinski definition) is 3. The predicted octanol–water partition coefficient (Wildman–Crippen LogP) is 0.731. The Morgan fingerprint density at radius 1 is 1.44 bits per heavy atom. The van der Waals surface area contributed by atoms with Gasteiger partial charge >= 0.3 is 5.97 Å². The third-order valence-corrected chi connectivity index (χ3v) is 2.49. The van der Waals surface area contributed by atoms with Gasteiger partial charge in [0.05, 0.1) is 11.5 Å². The fraction of sp³-hybridized carbons (Fsp3) is 0.818. The maximum absolute atomic E-state index is 11.5. The maximum Gasteiger partial charge on any atom is 0.310 e. The highest BCUT2D eigenvalue weighted by Crippen LogP contribution is 2.13. The molecule has 0 aromatic rings. The van der Waals surface area contributed by atoms with E-state index in [9.17, 15) is 9.59 Å². The van der Waals surface area contributed by atoms with Crippen LogP contribution < -0.4 is 11.1 Å². The van der Waals surface area contributed by atoms with E-state index in [0.717, 1.165) is 12.8 Å². The number of carbonyl (C=O) groups excluding carboxylic acids is 1. The van der Waals surface area contributed by atoms with E-state index in [4.69, 9.17) is 10.8 Å². The molecule has 1 amide bonds. The molecule has 5 nitrogen and oxygen atoms in total. The average Bonchev–Trinajstić information content (AvgIpc) is 2.22. The fourth-order valence-corrected chi connectivity index (χ4v) is 1.07. The van der Waals surface area contributed by atoms with Gasteiger partial charge in [0, 0.05) is 6.54 Å². The van der Waals surface area contributed by atoms with Crippen LogP contribution in [0.25, 0.3) is 0 Å². The predicted molar refractivity (Wildman–Crippen MR) is 61.9 cm³/mol. The van der Waals surface area contributed by atoms with Crippen LogP contribution in [0.1, 0.15) is 40.0 Å². The normalized spacial score (nSPS) is 13.2. The Morgan fingerprint density at radius 3 is 2.44 bits per heavy atom. The van der Waals surface area contributed by atoms with Crippen LogP contribution in [0.15, 0.2) is 0 Å². The number of unbranched alkanes of at least 4 members (excludes halogenated alkanes) is 1. The molecule has 0 aromatic heterocycles. The summed E-state index contributed by atoms with van der Waals surface area (Å²) >= 11 is 0. The molecule has 0 aliphatic carbocycles. The van der Waals surface area contributed by atoms with E-state index in [-0.39, 0.29) is 12.5 Å². The Balaban J connectivity index is 4.02. The first-order valence-electron chi connectivity index (χ1n) is 5.58. The number of nitrogens with two attached hydrogens (primary N) is 1. The first-order chi connectivity index (χ1) is 7.31. The molecule has 94 valence electrons. The van der Waals surface area contributed by atoms with E-state index in [1.165, 1.54) is 0 Å². The summed E-state index contributed by atoms with van der Waals surface area (Å²) in [6.45, 7) is 5.25. The number of hydrogen-bond acceptors (Lipinski definition) is 3. The molecule has 0 aliphatic heterocycles. The van der Waals surface area contributed by atoms with Crippen LogP contribution in [-0.2, 0) is 9.59 Å². The van der Waals surface area contributed by atoms with Crippen molar-refractivity contribution in [2.24, 2.45) is 11.1 Å². The van der Waals surface area contributed by atoms with Gasteiger partial charge in [0.15, 0.2) is 0 Å². The van der Waals surface area contributed by atoms with Crippen molar-refractivity contribution < 1.29 is 14.7 Å². The van der Waals surface area contributed by atoms with Gasteiger partial charge in [0.1, 0.15) is 0 Å². The zero-order valence-electron chi connectivity index (χ0n) is 10.2. The van der Waals surface area contributed by atoms with Gasteiger partial charge in [0.2, 0.25) is 5.91 Å². The van der Waals surface area contributed by atoms with Crippen molar-refractivity contribution in [3.05, 3.63) is 0 Å². The number of nitrogens with one attached hydrogen (secondary N) is 1. The molecule has 0 spiro atoms. The van der Waals surface area contributed by atoms with E-state index in [1.54, 1.807) is 13.8 Å². The lowest BCUT2D eigenvalue weighted by molar-refractivity contribution is -0.146. The van der Waals surface area contributed by atoms with Crippen LogP contribution in [0.5, 0.6) is 0 Å². The van der Waals surface area contributed by atoms with Crippen molar-refractivity contribution >= 4 is 11.9 Å². The zero-order chi connectivity index (χ0) is 12.8. The van der Waals surface area contributed by atoms with Gasteiger partial charge in [-0.15, -0.1) is 0 Å². The smallest absolute Gasteiger partial charge is 0.310 e. The molecule has 1 unspecified atom stereocenters. The van der Waals surface area contributed by atoms with Gasteiger partial charge in [-0.3, -0.25) is 9.59 Å². The molecule has 0 saturated carbocycles. The molecule has 0 aliphatic rings. The average molecular weight is 230 g/mol. The van der Waals surface area contributed by atoms with E-state index in [0.29, 0.717) is 6.42 Å². The molecule has 16 heavy (non-hydrogen) atoms. The summed E-state index contributed by atoms with van der Waals surface area (Å²) in [5, 5.41) is 11.4. The zero-order valence-corrected chi connectivity index (χ0v) is 10.2. The van der Waals surface area contributed by atoms with Gasteiger partial charge in [0.25, 0.3) is 0 Å². The van der Waals surface area contributed by atoms with E-state index >= 15 is 0 Å². The minimum absolute atomic E-state index is 0.0982. The largest absolute Gasteiger partial charge is 0.481 e. The third kappa shape index (κ3) is 5.11. The van der Waals surface area contributed by atoms with Gasteiger partial charge in [-0.1, -0.05) is 19.8 Å². The van der Waals surface area contributed by atoms with E-state index in [1.807, 2.05) is 6.92 Å². The summed E-state index contributed by atoms with van der Waals surface area (Å²) in [6.07, 6.45) is 2.52. The second-order valence-electron chi connectivity index (χ2n) is 4.66. The summed E-state index contributed by atoms with van der Waals surface area (Å²) in [5.41, 5.74) is 4.69. The fourth-order valence-electron chi connectivity index (χ4n) is 1.07. The van der Waals surface area contributed by atoms with Crippen molar-refractivity contribution in [3.8, 4) is 0 Å². The molecular weight excluding hydrogens is 208 g/mol. The maximum atomic E-state index is 11.5. The lowest BCUT2D eigenvalue weighted by Gasteiger charge is -2.21. The molecule has 1 atom stereocenters. The van der Waals surface area contributed by atoms with Gasteiger partial charge in [-0.05, 0) is 20.3 Å². The number of amides is 1. The number of carbonyl (C=O) groups is 2. The summed E-state index contributed by atoms with van der Waals surface area (Å²) in [7, 11) is 0. The van der Waals surface area contributed by atoms with Crippen molar-refractivity contribution in [1.29, 1.82) is 0 Å². The monoisotopic (exact) mass is 230 g/mol. The minimum Gasteiger partial charge on any atom is -0.481 e. The lowest BCUT2D eigenvalue weighted by atomic mass is 9.94. The molecule has 0 fully saturated rings. The van der Waals surface area contributed by atoms with Crippen molar-refractivity contribution in [3.63, 3.8) is 0 Å². The second kappa shape index (κ2) is 6.48. The summed E-state index contributed by atoms with van der Waals surface area (Å²) in [6, 6.07) is -0.537. The highest BCUT2D eigenvalue weighted by atomic mass is 16.4. The van der Waals surface area contributed by atoms with Crippen LogP contribution in [0.4, 0.5) is 0 Å². The topological polar surface area (TPSA) is 92.4 Å². The number of carboxylic acids is 1. The Morgan fingerprint density at radius 2 is 2.00 bits per heavy atom. The van der Waals surface area contributed by atoms with E-state index in [2.05, 4.69) is 5.32 Å². The van der Waals surface area contributed by atoms with Crippen LogP contribution >= 0.6 is 0 Å². The number of carboxylic acid groups (broad SMARTS) is 1. The first kappa shape index (κ1) is 14.9. The van der Waals surface area contributed by atoms with Crippen LogP contribution in [0.2, 0.25) is 0 Å². The lowest BCUT2D eigenvalue weighted by Crippen LogP contribution is -2.46. The van der Waals surface area contributed by atoms with Crippen LogP contribution in [0.3, 0.4) is 0 Å². The first-order valence-corrected chi connectivity index (χ1v) is 5.58. The molecule has 4 N–H and O–H groups in total. The highest BCUT2D eigenvalue weighted by molar-refractivity contribution is 5.82. The quantitative estimate of drug-likeness (QED) is 0.601. The van der Waals surface area contributed by atoms with Gasteiger partial charge in [-0.2, -0.15) is 0 Å². The SMILES string of the molecule is CCCCC(N)C(=O)NCC(C)(C)C(=O)O. The number of rotatable bonds is 7. The minimum atomic E-state index is -0.958. The summed E-state index contributed by atoms with van der Waals surface area (Å²) < 4.78 is 0. The molecule has 0 radical (unpaired) electrons. The Labute approximate surface area is 96.4 Å². The molecule has 0 aromatic carbocycles. The summed E-state index contributed by atoms with van der Waals surface area (Å²) in [4.78, 5) is 22.3. The molecule has 0 heterocycles. The van der Waals surface area contributed by atoms with Crippen LogP contribution in [-0.4, -0.2) is 29.6 Å². The molecule has 0 saturated heterocycles. The molecule has 0 rings (SSSR count). The van der Waals surface area contributed by atoms with Gasteiger partial charge < -0.3 is 16.2 Å². The molecule has 5 heteroatoms. The Bertz CT molecular complexity index is 252. The third-order valence-electron chi connectivity index (χ3n) is 2.49. The highest BCUT2D eigenvalue weighted by Gasteiger charge is 2.28. The molecular formula is C11H22N2O3. The van der Waals surface area contributed by atoms with E-state index < -0.39 is 17.4 Å². The molecule has 0 bridgehead atoms. The number of aliphatic carboxylic acids is 1.